The second-order valence-electron chi connectivity index (χ2n) is 4.57. The standard InChI is InChI=1S/C11H20N2O2/c1-15-10-6-9(7-10)13-11(14)4-5-12-8-2-3-8/h8-10,12H,2-7H2,1H3,(H,13,14). The maximum atomic E-state index is 11.5. The highest BCUT2D eigenvalue weighted by Gasteiger charge is 2.29. The topological polar surface area (TPSA) is 50.4 Å². The van der Waals surface area contributed by atoms with E-state index >= 15 is 0 Å². The molecule has 0 bridgehead atoms. The van der Waals surface area contributed by atoms with Crippen LogP contribution in [-0.2, 0) is 9.53 Å². The molecule has 1 amide bonds. The molecule has 2 rings (SSSR count). The van der Waals surface area contributed by atoms with Gasteiger partial charge in [-0.25, -0.2) is 0 Å². The monoisotopic (exact) mass is 212 g/mol. The number of carbonyl (C=O) groups is 1. The van der Waals surface area contributed by atoms with E-state index in [9.17, 15) is 4.79 Å². The van der Waals surface area contributed by atoms with Crippen molar-refractivity contribution in [2.75, 3.05) is 13.7 Å². The molecule has 4 nitrogen and oxygen atoms in total. The molecule has 0 unspecified atom stereocenters. The van der Waals surface area contributed by atoms with Crippen molar-refractivity contribution in [3.8, 4) is 0 Å². The Labute approximate surface area is 90.8 Å². The summed E-state index contributed by atoms with van der Waals surface area (Å²) in [6, 6.07) is 1.04. The van der Waals surface area contributed by atoms with Crippen LogP contribution >= 0.6 is 0 Å². The average Bonchev–Trinajstić information content (AvgIpc) is 2.94. The first kappa shape index (κ1) is 10.9. The molecule has 2 fully saturated rings. The summed E-state index contributed by atoms with van der Waals surface area (Å²) >= 11 is 0. The maximum absolute atomic E-state index is 11.5. The Morgan fingerprint density at radius 1 is 1.33 bits per heavy atom. The van der Waals surface area contributed by atoms with Gasteiger partial charge in [0.25, 0.3) is 0 Å². The van der Waals surface area contributed by atoms with Crippen molar-refractivity contribution < 1.29 is 9.53 Å². The van der Waals surface area contributed by atoms with Gasteiger partial charge in [0.15, 0.2) is 0 Å². The van der Waals surface area contributed by atoms with Crippen LogP contribution in [-0.4, -0.2) is 37.7 Å². The largest absolute Gasteiger partial charge is 0.381 e. The summed E-state index contributed by atoms with van der Waals surface area (Å²) in [5, 5.41) is 6.35. The van der Waals surface area contributed by atoms with Gasteiger partial charge in [0, 0.05) is 32.2 Å². The van der Waals surface area contributed by atoms with Crippen LogP contribution in [0.5, 0.6) is 0 Å². The Hall–Kier alpha value is -0.610. The van der Waals surface area contributed by atoms with Crippen molar-refractivity contribution in [1.82, 2.24) is 10.6 Å². The summed E-state index contributed by atoms with van der Waals surface area (Å²) in [5.74, 6) is 0.169. The second kappa shape index (κ2) is 4.94. The Morgan fingerprint density at radius 3 is 2.67 bits per heavy atom. The smallest absolute Gasteiger partial charge is 0.221 e. The molecular formula is C11H20N2O2. The molecule has 0 spiro atoms. The SMILES string of the molecule is COC1CC(NC(=O)CCNC2CC2)C1. The van der Waals surface area contributed by atoms with Crippen LogP contribution in [0.3, 0.4) is 0 Å². The minimum atomic E-state index is 0.169. The minimum absolute atomic E-state index is 0.169. The molecule has 4 heteroatoms. The number of ether oxygens (including phenoxy) is 1. The number of hydrogen-bond donors (Lipinski definition) is 2. The highest BCUT2D eigenvalue weighted by atomic mass is 16.5. The Kier molecular flexibility index (Phi) is 3.59. The first-order valence-electron chi connectivity index (χ1n) is 5.83. The lowest BCUT2D eigenvalue weighted by Crippen LogP contribution is -2.47. The van der Waals surface area contributed by atoms with E-state index < -0.39 is 0 Å². The summed E-state index contributed by atoms with van der Waals surface area (Å²) in [6.07, 6.45) is 5.46. The van der Waals surface area contributed by atoms with Gasteiger partial charge in [-0.15, -0.1) is 0 Å². The zero-order valence-corrected chi connectivity index (χ0v) is 9.29. The van der Waals surface area contributed by atoms with E-state index in [1.807, 2.05) is 0 Å². The zero-order valence-electron chi connectivity index (χ0n) is 9.29. The Bertz CT molecular complexity index is 223. The molecule has 0 atom stereocenters. The quantitative estimate of drug-likeness (QED) is 0.671. The van der Waals surface area contributed by atoms with Gasteiger partial charge < -0.3 is 15.4 Å². The lowest BCUT2D eigenvalue weighted by Gasteiger charge is -2.34. The van der Waals surface area contributed by atoms with Crippen LogP contribution < -0.4 is 10.6 Å². The van der Waals surface area contributed by atoms with Gasteiger partial charge in [0.2, 0.25) is 5.91 Å². The second-order valence-corrected chi connectivity index (χ2v) is 4.57. The van der Waals surface area contributed by atoms with Crippen molar-refractivity contribution in [1.29, 1.82) is 0 Å². The fourth-order valence-electron chi connectivity index (χ4n) is 1.85. The predicted octanol–water partition coefficient (Wildman–Crippen LogP) is 0.422. The van der Waals surface area contributed by atoms with E-state index in [4.69, 9.17) is 4.74 Å². The van der Waals surface area contributed by atoms with Gasteiger partial charge in [-0.2, -0.15) is 0 Å². The summed E-state index contributed by atoms with van der Waals surface area (Å²) in [7, 11) is 1.72. The van der Waals surface area contributed by atoms with E-state index in [-0.39, 0.29) is 5.91 Å². The van der Waals surface area contributed by atoms with Crippen LogP contribution in [0.15, 0.2) is 0 Å². The molecule has 86 valence electrons. The van der Waals surface area contributed by atoms with Crippen LogP contribution in [0, 0.1) is 0 Å². The van der Waals surface area contributed by atoms with Gasteiger partial charge in [-0.05, 0) is 25.7 Å². The van der Waals surface area contributed by atoms with Gasteiger partial charge >= 0.3 is 0 Å². The van der Waals surface area contributed by atoms with Crippen LogP contribution in [0.25, 0.3) is 0 Å². The van der Waals surface area contributed by atoms with Gasteiger partial charge in [0.05, 0.1) is 6.10 Å². The van der Waals surface area contributed by atoms with Crippen molar-refractivity contribution in [2.45, 2.75) is 50.3 Å². The van der Waals surface area contributed by atoms with E-state index in [0.717, 1.165) is 19.4 Å². The summed E-state index contributed by atoms with van der Waals surface area (Å²) in [5.41, 5.74) is 0. The van der Waals surface area contributed by atoms with Crippen molar-refractivity contribution >= 4 is 5.91 Å². The highest BCUT2D eigenvalue weighted by molar-refractivity contribution is 5.76. The minimum Gasteiger partial charge on any atom is -0.381 e. The summed E-state index contributed by atoms with van der Waals surface area (Å²) in [4.78, 5) is 11.5. The van der Waals surface area contributed by atoms with E-state index in [0.29, 0.717) is 24.6 Å². The summed E-state index contributed by atoms with van der Waals surface area (Å²) in [6.45, 7) is 0.816. The molecule has 15 heavy (non-hydrogen) atoms. The molecule has 2 saturated carbocycles. The number of nitrogens with one attached hydrogen (secondary N) is 2. The molecular weight excluding hydrogens is 192 g/mol. The number of rotatable bonds is 6. The molecule has 0 aromatic heterocycles. The maximum Gasteiger partial charge on any atom is 0.221 e. The molecule has 2 N–H and O–H groups in total. The van der Waals surface area contributed by atoms with Gasteiger partial charge in [-0.1, -0.05) is 0 Å². The molecule has 2 aliphatic rings. The molecule has 0 aliphatic heterocycles. The van der Waals surface area contributed by atoms with Crippen LogP contribution in [0.2, 0.25) is 0 Å². The summed E-state index contributed by atoms with van der Waals surface area (Å²) < 4.78 is 5.16. The normalized spacial score (nSPS) is 29.7. The number of carbonyl (C=O) groups excluding carboxylic acids is 1. The van der Waals surface area contributed by atoms with Crippen LogP contribution in [0.1, 0.15) is 32.1 Å². The van der Waals surface area contributed by atoms with Crippen LogP contribution in [0.4, 0.5) is 0 Å². The van der Waals surface area contributed by atoms with E-state index in [1.54, 1.807) is 7.11 Å². The van der Waals surface area contributed by atoms with E-state index in [2.05, 4.69) is 10.6 Å². The highest BCUT2D eigenvalue weighted by Crippen LogP contribution is 2.22. The number of methoxy groups -OCH3 is 1. The number of amides is 1. The fourth-order valence-corrected chi connectivity index (χ4v) is 1.85. The molecule has 0 heterocycles. The van der Waals surface area contributed by atoms with Gasteiger partial charge in [-0.3, -0.25) is 4.79 Å². The first-order chi connectivity index (χ1) is 7.28. The number of hydrogen-bond acceptors (Lipinski definition) is 3. The molecule has 0 aromatic carbocycles. The molecule has 0 aromatic rings. The third-order valence-electron chi connectivity index (χ3n) is 3.16. The Balaban J connectivity index is 1.49. The third-order valence-corrected chi connectivity index (χ3v) is 3.16. The lowest BCUT2D eigenvalue weighted by molar-refractivity contribution is -0.123. The van der Waals surface area contributed by atoms with Crippen molar-refractivity contribution in [3.05, 3.63) is 0 Å². The zero-order chi connectivity index (χ0) is 10.7. The molecule has 0 saturated heterocycles. The first-order valence-corrected chi connectivity index (χ1v) is 5.83. The fraction of sp³-hybridized carbons (Fsp3) is 0.909. The van der Waals surface area contributed by atoms with Crippen molar-refractivity contribution in [2.24, 2.45) is 0 Å². The predicted molar refractivity (Wildman–Crippen MR) is 57.6 cm³/mol. The molecule has 2 aliphatic carbocycles. The third kappa shape index (κ3) is 3.47. The lowest BCUT2D eigenvalue weighted by atomic mass is 9.89. The average molecular weight is 212 g/mol. The molecule has 0 radical (unpaired) electrons. The Morgan fingerprint density at radius 2 is 2.07 bits per heavy atom. The van der Waals surface area contributed by atoms with E-state index in [1.165, 1.54) is 12.8 Å². The van der Waals surface area contributed by atoms with Crippen molar-refractivity contribution in [3.63, 3.8) is 0 Å². The van der Waals surface area contributed by atoms with Gasteiger partial charge in [0.1, 0.15) is 0 Å².